The lowest BCUT2D eigenvalue weighted by Crippen LogP contribution is -2.02. The summed E-state index contributed by atoms with van der Waals surface area (Å²) in [5.74, 6) is -0.0812. The van der Waals surface area contributed by atoms with E-state index >= 15 is 0 Å². The van der Waals surface area contributed by atoms with Crippen molar-refractivity contribution in [3.8, 4) is 0 Å². The van der Waals surface area contributed by atoms with E-state index in [2.05, 4.69) is 11.1 Å². The molecule has 0 bridgehead atoms. The number of nitrogens with zero attached hydrogens (tertiary/aromatic N) is 1. The number of carbonyl (C=O) groups is 1. The van der Waals surface area contributed by atoms with Crippen molar-refractivity contribution in [2.45, 2.75) is 19.3 Å². The fourth-order valence-electron chi connectivity index (χ4n) is 1.38. The number of carbonyl (C=O) groups excluding carboxylic acids is 1. The van der Waals surface area contributed by atoms with Gasteiger partial charge in [-0.25, -0.2) is 4.98 Å². The van der Waals surface area contributed by atoms with Gasteiger partial charge in [0.15, 0.2) is 0 Å². The summed E-state index contributed by atoms with van der Waals surface area (Å²) >= 11 is 3.25. The summed E-state index contributed by atoms with van der Waals surface area (Å²) in [5.41, 5.74) is 0.994. The van der Waals surface area contributed by atoms with Gasteiger partial charge in [0.25, 0.3) is 0 Å². The van der Waals surface area contributed by atoms with Gasteiger partial charge in [0, 0.05) is 16.0 Å². The Morgan fingerprint density at radius 1 is 1.53 bits per heavy atom. The molecule has 0 amide bonds. The predicted octanol–water partition coefficient (Wildman–Crippen LogP) is 3.04. The Kier molecular flexibility index (Phi) is 3.28. The van der Waals surface area contributed by atoms with E-state index in [0.29, 0.717) is 0 Å². The minimum absolute atomic E-state index is 0.0812. The molecule has 4 heteroatoms. The van der Waals surface area contributed by atoms with Gasteiger partial charge in [0.2, 0.25) is 0 Å². The van der Waals surface area contributed by atoms with Crippen molar-refractivity contribution in [2.24, 2.45) is 0 Å². The van der Waals surface area contributed by atoms with Crippen LogP contribution in [0.25, 0.3) is 0 Å². The second-order valence-corrected chi connectivity index (χ2v) is 5.28. The third-order valence-electron chi connectivity index (χ3n) is 2.12. The maximum atomic E-state index is 11.0. The third kappa shape index (κ3) is 2.52. The molecule has 15 heavy (non-hydrogen) atoms. The Morgan fingerprint density at radius 2 is 2.40 bits per heavy atom. The van der Waals surface area contributed by atoms with Crippen LogP contribution in [-0.2, 0) is 11.2 Å². The fourth-order valence-corrected chi connectivity index (χ4v) is 3.00. The smallest absolute Gasteiger partial charge is 0.130 e. The number of aryl methyl sites for hydroxylation is 1. The number of hydrogen-bond acceptors (Lipinski definition) is 4. The third-order valence-corrected chi connectivity index (χ3v) is 4.11. The van der Waals surface area contributed by atoms with Crippen molar-refractivity contribution < 1.29 is 4.79 Å². The average molecular weight is 237 g/mol. The molecule has 0 radical (unpaired) electrons. The summed E-state index contributed by atoms with van der Waals surface area (Å²) in [6.07, 6.45) is 1.77. The molecule has 0 aliphatic rings. The second kappa shape index (κ2) is 4.68. The van der Waals surface area contributed by atoms with Crippen LogP contribution < -0.4 is 0 Å². The van der Waals surface area contributed by atoms with Gasteiger partial charge in [-0.1, -0.05) is 6.07 Å². The highest BCUT2D eigenvalue weighted by molar-refractivity contribution is 7.10. The molecule has 2 rings (SSSR count). The van der Waals surface area contributed by atoms with E-state index in [9.17, 15) is 4.79 Å². The molecule has 2 nitrogen and oxygen atoms in total. The molecule has 0 saturated heterocycles. The number of aromatic nitrogens is 1. The van der Waals surface area contributed by atoms with Gasteiger partial charge in [-0.3, -0.25) is 0 Å². The highest BCUT2D eigenvalue weighted by Crippen LogP contribution is 2.24. The van der Waals surface area contributed by atoms with Crippen molar-refractivity contribution in [3.63, 3.8) is 0 Å². The van der Waals surface area contributed by atoms with Crippen LogP contribution in [-0.4, -0.2) is 11.3 Å². The first kappa shape index (κ1) is 10.5. The number of thiophene rings is 1. The van der Waals surface area contributed by atoms with E-state index in [1.807, 2.05) is 23.8 Å². The summed E-state index contributed by atoms with van der Waals surface area (Å²) in [6, 6.07) is 4.07. The van der Waals surface area contributed by atoms with Crippen LogP contribution in [0.3, 0.4) is 0 Å². The first-order chi connectivity index (χ1) is 7.29. The van der Waals surface area contributed by atoms with E-state index in [1.54, 1.807) is 22.7 Å². The molecule has 1 atom stereocenters. The maximum Gasteiger partial charge on any atom is 0.130 e. The fraction of sp³-hybridized carbons (Fsp3) is 0.273. The Bertz CT molecular complexity index is 433. The molecular formula is C11H11NOS2. The van der Waals surface area contributed by atoms with Gasteiger partial charge in [-0.2, -0.15) is 0 Å². The minimum atomic E-state index is -0.0812. The number of hydrogen-bond donors (Lipinski definition) is 0. The number of thiazole rings is 1. The summed E-state index contributed by atoms with van der Waals surface area (Å²) < 4.78 is 0. The molecule has 0 N–H and O–H groups in total. The number of aldehydes is 1. The zero-order valence-electron chi connectivity index (χ0n) is 8.34. The lowest BCUT2D eigenvalue weighted by atomic mass is 10.1. The van der Waals surface area contributed by atoms with E-state index < -0.39 is 0 Å². The van der Waals surface area contributed by atoms with Gasteiger partial charge in [0.1, 0.15) is 11.3 Å². The Hall–Kier alpha value is -1.00. The summed E-state index contributed by atoms with van der Waals surface area (Å²) in [6.45, 7) is 1.95. The Balaban J connectivity index is 2.14. The van der Waals surface area contributed by atoms with Crippen LogP contribution in [0.2, 0.25) is 0 Å². The SMILES string of the molecule is Cc1csc(C(C=O)Cc2cccs2)n1. The molecule has 2 aromatic rings. The highest BCUT2D eigenvalue weighted by Gasteiger charge is 2.15. The largest absolute Gasteiger partial charge is 0.303 e. The molecule has 0 saturated carbocycles. The van der Waals surface area contributed by atoms with Crippen molar-refractivity contribution in [1.82, 2.24) is 4.98 Å². The van der Waals surface area contributed by atoms with E-state index in [1.165, 1.54) is 4.88 Å². The summed E-state index contributed by atoms with van der Waals surface area (Å²) in [7, 11) is 0. The summed E-state index contributed by atoms with van der Waals surface area (Å²) in [5, 5.41) is 4.95. The van der Waals surface area contributed by atoms with Gasteiger partial charge >= 0.3 is 0 Å². The van der Waals surface area contributed by atoms with Crippen molar-refractivity contribution >= 4 is 29.0 Å². The van der Waals surface area contributed by atoms with Crippen LogP contribution in [0.15, 0.2) is 22.9 Å². The molecule has 0 aliphatic heterocycles. The molecule has 0 spiro atoms. The number of rotatable bonds is 4. The van der Waals surface area contributed by atoms with E-state index in [-0.39, 0.29) is 5.92 Å². The quantitative estimate of drug-likeness (QED) is 0.765. The molecule has 0 aromatic carbocycles. The van der Waals surface area contributed by atoms with Crippen molar-refractivity contribution in [2.75, 3.05) is 0 Å². The predicted molar refractivity (Wildman–Crippen MR) is 63.7 cm³/mol. The van der Waals surface area contributed by atoms with Crippen LogP contribution >= 0.6 is 22.7 Å². The minimum Gasteiger partial charge on any atom is -0.303 e. The molecule has 78 valence electrons. The van der Waals surface area contributed by atoms with Gasteiger partial charge in [-0.15, -0.1) is 22.7 Å². The average Bonchev–Trinajstić information content (AvgIpc) is 2.85. The zero-order valence-corrected chi connectivity index (χ0v) is 9.98. The van der Waals surface area contributed by atoms with Crippen LogP contribution in [0.5, 0.6) is 0 Å². The van der Waals surface area contributed by atoms with Crippen molar-refractivity contribution in [1.29, 1.82) is 0 Å². The van der Waals surface area contributed by atoms with Gasteiger partial charge < -0.3 is 4.79 Å². The van der Waals surface area contributed by atoms with Gasteiger partial charge in [-0.05, 0) is 24.8 Å². The molecular weight excluding hydrogens is 226 g/mol. The molecule has 2 aromatic heterocycles. The standard InChI is InChI=1S/C11H11NOS2/c1-8-7-15-11(12-8)9(6-13)5-10-3-2-4-14-10/h2-4,6-7,9H,5H2,1H3. The van der Waals surface area contributed by atoms with E-state index in [4.69, 9.17) is 0 Å². The first-order valence-corrected chi connectivity index (χ1v) is 6.45. The molecule has 2 heterocycles. The molecule has 1 unspecified atom stereocenters. The first-order valence-electron chi connectivity index (χ1n) is 4.69. The Morgan fingerprint density at radius 3 is 2.93 bits per heavy atom. The monoisotopic (exact) mass is 237 g/mol. The van der Waals surface area contributed by atoms with E-state index in [0.717, 1.165) is 23.4 Å². The molecule has 0 aliphatic carbocycles. The highest BCUT2D eigenvalue weighted by atomic mass is 32.1. The van der Waals surface area contributed by atoms with Crippen LogP contribution in [0.4, 0.5) is 0 Å². The molecule has 0 fully saturated rings. The van der Waals surface area contributed by atoms with Crippen LogP contribution in [0.1, 0.15) is 21.5 Å². The normalized spacial score (nSPS) is 12.6. The lowest BCUT2D eigenvalue weighted by Gasteiger charge is -2.04. The second-order valence-electron chi connectivity index (χ2n) is 3.35. The van der Waals surface area contributed by atoms with Gasteiger partial charge in [0.05, 0.1) is 5.92 Å². The van der Waals surface area contributed by atoms with Crippen molar-refractivity contribution in [3.05, 3.63) is 38.5 Å². The Labute approximate surface area is 96.6 Å². The topological polar surface area (TPSA) is 30.0 Å². The maximum absolute atomic E-state index is 11.0. The summed E-state index contributed by atoms with van der Waals surface area (Å²) in [4.78, 5) is 16.6. The zero-order chi connectivity index (χ0) is 10.7. The van der Waals surface area contributed by atoms with Crippen LogP contribution in [0, 0.1) is 6.92 Å². The lowest BCUT2D eigenvalue weighted by molar-refractivity contribution is -0.109.